The molecule has 5 heteroatoms. The number of ether oxygens (including phenoxy) is 2. The van der Waals surface area contributed by atoms with Crippen LogP contribution >= 0.6 is 11.6 Å². The molecule has 2 aromatic rings. The van der Waals surface area contributed by atoms with Crippen LogP contribution in [-0.2, 0) is 13.2 Å². The molecule has 0 aliphatic rings. The second-order valence-electron chi connectivity index (χ2n) is 5.85. The van der Waals surface area contributed by atoms with Crippen LogP contribution in [0.25, 0.3) is 0 Å². The molecular weight excluding hydrogens is 326 g/mol. The summed E-state index contributed by atoms with van der Waals surface area (Å²) in [5.74, 6) is 1.25. The Morgan fingerprint density at radius 1 is 1.21 bits per heavy atom. The highest BCUT2D eigenvalue weighted by Crippen LogP contribution is 2.34. The van der Waals surface area contributed by atoms with Crippen molar-refractivity contribution in [3.8, 4) is 11.5 Å². The lowest BCUT2D eigenvalue weighted by molar-refractivity contribution is 0.191. The van der Waals surface area contributed by atoms with E-state index in [9.17, 15) is 5.11 Å². The Morgan fingerprint density at radius 2 is 2.00 bits per heavy atom. The number of benzene rings is 2. The Bertz CT molecular complexity index is 674. The molecule has 2 aromatic carbocycles. The molecule has 0 saturated carbocycles. The molecule has 24 heavy (non-hydrogen) atoms. The molecular formula is C19H24ClNO3. The van der Waals surface area contributed by atoms with E-state index in [0.29, 0.717) is 36.2 Å². The highest BCUT2D eigenvalue weighted by Gasteiger charge is 2.11. The molecule has 2 rings (SSSR count). The number of methoxy groups -OCH3 is 1. The summed E-state index contributed by atoms with van der Waals surface area (Å²) in [5.41, 5.74) is 3.19. The maximum Gasteiger partial charge on any atom is 0.163 e. The fraction of sp³-hybridized carbons (Fsp3) is 0.368. The van der Waals surface area contributed by atoms with E-state index in [2.05, 4.69) is 24.4 Å². The average Bonchev–Trinajstić information content (AvgIpc) is 2.54. The van der Waals surface area contributed by atoms with Gasteiger partial charge in [0, 0.05) is 24.2 Å². The summed E-state index contributed by atoms with van der Waals surface area (Å²) in [7, 11) is 1.61. The van der Waals surface area contributed by atoms with Crippen LogP contribution in [0.15, 0.2) is 36.4 Å². The SMILES string of the molecule is COc1cc(CNCC(C)O)c(Cl)cc1OCc1cccc(C)c1. The first-order valence-corrected chi connectivity index (χ1v) is 8.31. The van der Waals surface area contributed by atoms with Crippen molar-refractivity contribution in [2.24, 2.45) is 0 Å². The highest BCUT2D eigenvalue weighted by atomic mass is 35.5. The van der Waals surface area contributed by atoms with Crippen molar-refractivity contribution >= 4 is 11.6 Å². The van der Waals surface area contributed by atoms with Crippen molar-refractivity contribution in [2.75, 3.05) is 13.7 Å². The average molecular weight is 350 g/mol. The van der Waals surface area contributed by atoms with E-state index >= 15 is 0 Å². The second-order valence-corrected chi connectivity index (χ2v) is 6.26. The number of nitrogens with one attached hydrogen (secondary N) is 1. The van der Waals surface area contributed by atoms with Gasteiger partial charge < -0.3 is 19.9 Å². The monoisotopic (exact) mass is 349 g/mol. The molecule has 130 valence electrons. The van der Waals surface area contributed by atoms with Crippen LogP contribution in [0, 0.1) is 6.92 Å². The molecule has 0 saturated heterocycles. The zero-order valence-electron chi connectivity index (χ0n) is 14.3. The van der Waals surface area contributed by atoms with E-state index in [-0.39, 0.29) is 0 Å². The van der Waals surface area contributed by atoms with E-state index in [1.807, 2.05) is 18.2 Å². The fourth-order valence-electron chi connectivity index (χ4n) is 2.36. The van der Waals surface area contributed by atoms with Crippen LogP contribution in [0.3, 0.4) is 0 Å². The Hall–Kier alpha value is -1.75. The summed E-state index contributed by atoms with van der Waals surface area (Å²) in [5, 5.41) is 13.1. The summed E-state index contributed by atoms with van der Waals surface area (Å²) in [6, 6.07) is 11.8. The van der Waals surface area contributed by atoms with Gasteiger partial charge in [0.15, 0.2) is 11.5 Å². The first kappa shape index (κ1) is 18.6. The summed E-state index contributed by atoms with van der Waals surface area (Å²) >= 11 is 6.34. The van der Waals surface area contributed by atoms with Gasteiger partial charge in [0.1, 0.15) is 6.61 Å². The molecule has 0 amide bonds. The first-order chi connectivity index (χ1) is 11.5. The van der Waals surface area contributed by atoms with Crippen molar-refractivity contribution in [1.29, 1.82) is 0 Å². The summed E-state index contributed by atoms with van der Waals surface area (Å²) in [6.07, 6.45) is -0.400. The Labute approximate surface area is 148 Å². The van der Waals surface area contributed by atoms with Gasteiger partial charge >= 0.3 is 0 Å². The third-order valence-corrected chi connectivity index (χ3v) is 3.92. The van der Waals surface area contributed by atoms with Gasteiger partial charge in [-0.3, -0.25) is 0 Å². The molecule has 0 bridgehead atoms. The maximum atomic E-state index is 9.30. The van der Waals surface area contributed by atoms with Crippen LogP contribution in [-0.4, -0.2) is 24.9 Å². The predicted octanol–water partition coefficient (Wildman–Crippen LogP) is 3.71. The first-order valence-electron chi connectivity index (χ1n) is 7.93. The molecule has 0 fully saturated rings. The van der Waals surface area contributed by atoms with Crippen LogP contribution in [0.4, 0.5) is 0 Å². The minimum Gasteiger partial charge on any atom is -0.493 e. The molecule has 4 nitrogen and oxygen atoms in total. The molecule has 0 aliphatic heterocycles. The molecule has 1 unspecified atom stereocenters. The molecule has 0 heterocycles. The molecule has 0 radical (unpaired) electrons. The predicted molar refractivity (Wildman–Crippen MR) is 96.9 cm³/mol. The number of aryl methyl sites for hydroxylation is 1. The van der Waals surface area contributed by atoms with E-state index in [1.54, 1.807) is 20.1 Å². The number of aliphatic hydroxyl groups excluding tert-OH is 1. The molecule has 0 spiro atoms. The fourth-order valence-corrected chi connectivity index (χ4v) is 2.58. The van der Waals surface area contributed by atoms with Gasteiger partial charge in [0.05, 0.1) is 13.2 Å². The number of halogens is 1. The number of rotatable bonds is 8. The number of hydrogen-bond donors (Lipinski definition) is 2. The minimum atomic E-state index is -0.400. The van der Waals surface area contributed by atoms with Gasteiger partial charge in [0.2, 0.25) is 0 Å². The van der Waals surface area contributed by atoms with Crippen LogP contribution in [0.5, 0.6) is 11.5 Å². The lowest BCUT2D eigenvalue weighted by atomic mass is 10.1. The Morgan fingerprint density at radius 3 is 2.67 bits per heavy atom. The van der Waals surface area contributed by atoms with Gasteiger partial charge in [-0.05, 0) is 31.0 Å². The zero-order valence-corrected chi connectivity index (χ0v) is 15.1. The van der Waals surface area contributed by atoms with E-state index in [0.717, 1.165) is 11.1 Å². The standard InChI is InChI=1S/C19H24ClNO3/c1-13-5-4-6-15(7-13)12-24-19-9-17(20)16(8-18(19)23-3)11-21-10-14(2)22/h4-9,14,21-22H,10-12H2,1-3H3. The smallest absolute Gasteiger partial charge is 0.163 e. The lowest BCUT2D eigenvalue weighted by Gasteiger charge is -2.15. The van der Waals surface area contributed by atoms with E-state index < -0.39 is 6.10 Å². The van der Waals surface area contributed by atoms with Crippen LogP contribution in [0.2, 0.25) is 5.02 Å². The van der Waals surface area contributed by atoms with Gasteiger partial charge in [-0.2, -0.15) is 0 Å². The third-order valence-electron chi connectivity index (χ3n) is 3.56. The molecule has 2 N–H and O–H groups in total. The normalized spacial score (nSPS) is 12.0. The minimum absolute atomic E-state index is 0.400. The second kappa shape index (κ2) is 8.92. The molecule has 0 aliphatic carbocycles. The lowest BCUT2D eigenvalue weighted by Crippen LogP contribution is -2.24. The summed E-state index contributed by atoms with van der Waals surface area (Å²) in [4.78, 5) is 0. The summed E-state index contributed by atoms with van der Waals surface area (Å²) in [6.45, 7) is 5.30. The number of aliphatic hydroxyl groups is 1. The maximum absolute atomic E-state index is 9.30. The quantitative estimate of drug-likeness (QED) is 0.763. The van der Waals surface area contributed by atoms with E-state index in [1.165, 1.54) is 5.56 Å². The van der Waals surface area contributed by atoms with Gasteiger partial charge in [-0.25, -0.2) is 0 Å². The van der Waals surface area contributed by atoms with Crippen molar-refractivity contribution in [1.82, 2.24) is 5.32 Å². The summed E-state index contributed by atoms with van der Waals surface area (Å²) < 4.78 is 11.3. The number of hydrogen-bond acceptors (Lipinski definition) is 4. The Kier molecular flexibility index (Phi) is 6.91. The highest BCUT2D eigenvalue weighted by molar-refractivity contribution is 6.31. The van der Waals surface area contributed by atoms with Crippen molar-refractivity contribution in [2.45, 2.75) is 33.1 Å². The van der Waals surface area contributed by atoms with Gasteiger partial charge in [-0.1, -0.05) is 41.4 Å². The van der Waals surface area contributed by atoms with Gasteiger partial charge in [0.25, 0.3) is 0 Å². The van der Waals surface area contributed by atoms with Crippen LogP contribution < -0.4 is 14.8 Å². The van der Waals surface area contributed by atoms with Crippen LogP contribution in [0.1, 0.15) is 23.6 Å². The van der Waals surface area contributed by atoms with Crippen molar-refractivity contribution in [3.63, 3.8) is 0 Å². The third kappa shape index (κ3) is 5.41. The van der Waals surface area contributed by atoms with E-state index in [4.69, 9.17) is 21.1 Å². The van der Waals surface area contributed by atoms with Crippen molar-refractivity contribution in [3.05, 3.63) is 58.1 Å². The zero-order chi connectivity index (χ0) is 17.5. The van der Waals surface area contributed by atoms with Crippen molar-refractivity contribution < 1.29 is 14.6 Å². The molecule has 0 aromatic heterocycles. The largest absolute Gasteiger partial charge is 0.493 e. The Balaban J connectivity index is 2.08. The molecule has 1 atom stereocenters. The topological polar surface area (TPSA) is 50.7 Å². The van der Waals surface area contributed by atoms with Gasteiger partial charge in [-0.15, -0.1) is 0 Å².